The van der Waals surface area contributed by atoms with Crippen LogP contribution in [0.15, 0.2) is 36.0 Å². The Morgan fingerprint density at radius 2 is 1.67 bits per heavy atom. The Labute approximate surface area is 406 Å². The Morgan fingerprint density at radius 1 is 0.971 bits per heavy atom. The molecule has 22 nitrogen and oxygen atoms in total. The van der Waals surface area contributed by atoms with Crippen LogP contribution in [0.3, 0.4) is 0 Å². The van der Waals surface area contributed by atoms with Gasteiger partial charge in [0.15, 0.2) is 0 Å². The first-order valence-electron chi connectivity index (χ1n) is 22.8. The van der Waals surface area contributed by atoms with Gasteiger partial charge < -0.3 is 74.4 Å². The molecule has 14 atom stereocenters. The second-order valence-electron chi connectivity index (χ2n) is 18.2. The van der Waals surface area contributed by atoms with E-state index in [4.69, 9.17) is 38.3 Å². The molecule has 0 aromatic carbocycles. The Balaban J connectivity index is 1.12. The van der Waals surface area contributed by atoms with Crippen molar-refractivity contribution in [2.45, 2.75) is 127 Å². The Morgan fingerprint density at radius 3 is 2.35 bits per heavy atom. The maximum Gasteiger partial charge on any atom is 0.509 e. The van der Waals surface area contributed by atoms with Gasteiger partial charge >= 0.3 is 30.0 Å². The summed E-state index contributed by atoms with van der Waals surface area (Å²) < 4.78 is 41.1. The van der Waals surface area contributed by atoms with Gasteiger partial charge in [-0.1, -0.05) is 66.2 Å². The predicted molar refractivity (Wildman–Crippen MR) is 243 cm³/mol. The van der Waals surface area contributed by atoms with E-state index in [9.17, 15) is 59.1 Å². The molecule has 2 spiro atoms. The highest BCUT2D eigenvalue weighted by molar-refractivity contribution is 8.76. The number of carboxylic acids is 1. The van der Waals surface area contributed by atoms with Crippen LogP contribution < -0.4 is 10.6 Å². The normalized spacial score (nSPS) is 31.6. The number of esters is 3. The molecule has 0 aromatic heterocycles. The SMILES string of the molecule is CC1=C[C@H]2O[C@@H]3C[C@H]4OC(=O)C=CC=CC(=O)OCC[C@@H](C)[C@H](OC(=O)OCCSSC[C@H](NC(=O)[C@@H](C)CCC(=O)NC[C@H](O)[C@@H](O)[C@H](O)[C@H](O)CO)C(=O)O)C(=O)OC[C@@]2(CC1)[C@]4(C)[C@]31CO1. The van der Waals surface area contributed by atoms with E-state index >= 15 is 0 Å². The van der Waals surface area contributed by atoms with E-state index in [0.29, 0.717) is 25.9 Å². The van der Waals surface area contributed by atoms with Gasteiger partial charge in [0.1, 0.15) is 49.3 Å². The first-order valence-corrected chi connectivity index (χ1v) is 25.2. The van der Waals surface area contributed by atoms with Gasteiger partial charge in [0.05, 0.1) is 43.5 Å². The molecule has 8 N–H and O–H groups in total. The summed E-state index contributed by atoms with van der Waals surface area (Å²) in [6.07, 6.45) is -2.95. The van der Waals surface area contributed by atoms with Gasteiger partial charge in [-0.25, -0.2) is 24.0 Å². The number of carboxylic acid groups (broad SMARTS) is 1. The van der Waals surface area contributed by atoms with Gasteiger partial charge in [0.2, 0.25) is 17.9 Å². The topological polar surface area (TPSA) is 333 Å². The van der Waals surface area contributed by atoms with E-state index in [1.54, 1.807) is 6.92 Å². The molecule has 3 aliphatic heterocycles. The van der Waals surface area contributed by atoms with Crippen molar-refractivity contribution in [1.82, 2.24) is 10.6 Å². The van der Waals surface area contributed by atoms with Crippen molar-refractivity contribution in [1.29, 1.82) is 0 Å². The monoisotopic (exact) mass is 1020 g/mol. The second-order valence-corrected chi connectivity index (χ2v) is 20.8. The number of amides is 2. The predicted octanol–water partition coefficient (Wildman–Crippen LogP) is 0.251. The fourth-order valence-corrected chi connectivity index (χ4v) is 11.2. The van der Waals surface area contributed by atoms with Crippen molar-refractivity contribution >= 4 is 63.4 Å². The molecule has 2 bridgehead atoms. The lowest BCUT2D eigenvalue weighted by molar-refractivity contribution is -0.234. The van der Waals surface area contributed by atoms with Crippen molar-refractivity contribution < 1.29 is 97.4 Å². The van der Waals surface area contributed by atoms with Crippen LogP contribution in [0, 0.1) is 22.7 Å². The van der Waals surface area contributed by atoms with Crippen LogP contribution in [0.25, 0.3) is 0 Å². The summed E-state index contributed by atoms with van der Waals surface area (Å²) in [5.41, 5.74) is -1.48. The van der Waals surface area contributed by atoms with Crippen LogP contribution in [-0.2, 0) is 61.9 Å². The fraction of sp³-hybridized carbons (Fsp3) is 0.711. The van der Waals surface area contributed by atoms with Gasteiger partial charge in [-0.3, -0.25) is 9.59 Å². The van der Waals surface area contributed by atoms with E-state index in [1.807, 2.05) is 19.9 Å². The van der Waals surface area contributed by atoms with Crippen LogP contribution in [0.1, 0.15) is 66.2 Å². The van der Waals surface area contributed by atoms with E-state index in [-0.39, 0.29) is 50.6 Å². The first kappa shape index (κ1) is 55.7. The van der Waals surface area contributed by atoms with Crippen molar-refractivity contribution in [3.8, 4) is 0 Å². The molecule has 0 unspecified atom stereocenters. The number of cyclic esters (lactones) is 2. The number of aliphatic carboxylic acids is 1. The minimum Gasteiger partial charge on any atom is -0.480 e. The van der Waals surface area contributed by atoms with Gasteiger partial charge in [0.25, 0.3) is 0 Å². The van der Waals surface area contributed by atoms with Crippen LogP contribution >= 0.6 is 21.6 Å². The van der Waals surface area contributed by atoms with Crippen LogP contribution in [0.2, 0.25) is 0 Å². The summed E-state index contributed by atoms with van der Waals surface area (Å²) in [6.45, 7) is 5.52. The Hall–Kier alpha value is -4.27. The Kier molecular flexibility index (Phi) is 19.9. The zero-order valence-electron chi connectivity index (χ0n) is 38.9. The molecule has 1 saturated carbocycles. The van der Waals surface area contributed by atoms with Gasteiger partial charge in [-0.15, -0.1) is 0 Å². The number of ether oxygens (including phenoxy) is 7. The zero-order valence-corrected chi connectivity index (χ0v) is 40.5. The minimum atomic E-state index is -1.87. The molecule has 5 rings (SSSR count). The number of aliphatic hydroxyl groups excluding tert-OH is 5. The van der Waals surface area contributed by atoms with Gasteiger partial charge in [0, 0.05) is 60.3 Å². The van der Waals surface area contributed by atoms with Gasteiger partial charge in [-0.05, 0) is 32.6 Å². The number of allylic oxidation sites excluding steroid dienone is 3. The quantitative estimate of drug-likeness (QED) is 0.0215. The average Bonchev–Trinajstić information content (AvgIpc) is 4.11. The summed E-state index contributed by atoms with van der Waals surface area (Å²) >= 11 is 0. The largest absolute Gasteiger partial charge is 0.509 e. The number of aliphatic hydroxyl groups is 5. The van der Waals surface area contributed by atoms with Crippen molar-refractivity contribution in [3.63, 3.8) is 0 Å². The highest BCUT2D eigenvalue weighted by Gasteiger charge is 2.83. The van der Waals surface area contributed by atoms with E-state index < -0.39 is 138 Å². The lowest BCUT2D eigenvalue weighted by Crippen LogP contribution is -2.67. The first-order chi connectivity index (χ1) is 32.7. The average molecular weight is 1020 g/mol. The van der Waals surface area contributed by atoms with E-state index in [1.165, 1.54) is 25.2 Å². The van der Waals surface area contributed by atoms with Crippen molar-refractivity contribution in [2.75, 3.05) is 51.1 Å². The molecule has 2 aliphatic carbocycles. The van der Waals surface area contributed by atoms with Crippen molar-refractivity contribution in [3.05, 3.63) is 36.0 Å². The molecule has 0 aromatic rings. The molecular weight excluding hydrogens is 953 g/mol. The number of epoxide rings is 1. The summed E-state index contributed by atoms with van der Waals surface area (Å²) in [7, 11) is 2.21. The molecule has 2 saturated heterocycles. The van der Waals surface area contributed by atoms with Crippen LogP contribution in [-0.4, -0.2) is 184 Å². The zero-order chi connectivity index (χ0) is 50.7. The standard InChI is InChI=1S/C45H64N2O20S2/c1-24-11-13-44-22-63-41(59)38(25(2)12-14-61-34(52)7-5-6-8-35(53)66-30-18-32(65-31(44)17-24)45(23-64-45)43(30,44)4)67-42(60)62-15-16-68-69-21-27(40(57)58)47-39(56)26(3)9-10-33(51)46-19-28(49)36(54)37(55)29(50)20-48/h5-8,17,25-32,36-38,48-50,54-55H,9-16,18-23H2,1-4H3,(H,46,51)(H,47,56)(H,57,58)/t25-,26+,27+,28+,29-,30-,31-,32-,36-,37-,38+,43-,44-,45+/m1/s1. The lowest BCUT2D eigenvalue weighted by Gasteiger charge is -2.58. The summed E-state index contributed by atoms with van der Waals surface area (Å²) in [6, 6.07) is -1.32. The van der Waals surface area contributed by atoms with E-state index in [0.717, 1.165) is 33.2 Å². The maximum atomic E-state index is 14.1. The third-order valence-corrected chi connectivity index (χ3v) is 16.1. The summed E-state index contributed by atoms with van der Waals surface area (Å²) in [5.74, 6) is -6.30. The molecule has 5 aliphatic rings. The highest BCUT2D eigenvalue weighted by atomic mass is 33.1. The molecule has 69 heavy (non-hydrogen) atoms. The number of carbonyl (C=O) groups is 7. The number of carbonyl (C=O) groups excluding carboxylic acids is 6. The molecule has 3 fully saturated rings. The second kappa shape index (κ2) is 24.7. The lowest BCUT2D eigenvalue weighted by atomic mass is 9.51. The summed E-state index contributed by atoms with van der Waals surface area (Å²) in [5, 5.41) is 62.4. The molecule has 3 heterocycles. The van der Waals surface area contributed by atoms with E-state index in [2.05, 4.69) is 10.6 Å². The third kappa shape index (κ3) is 13.4. The van der Waals surface area contributed by atoms with Crippen LogP contribution in [0.5, 0.6) is 0 Å². The molecule has 2 amide bonds. The molecular formula is C45H64N2O20S2. The summed E-state index contributed by atoms with van der Waals surface area (Å²) in [4.78, 5) is 89.7. The van der Waals surface area contributed by atoms with Crippen molar-refractivity contribution in [2.24, 2.45) is 22.7 Å². The number of hydrogen-bond donors (Lipinski definition) is 8. The molecule has 0 radical (unpaired) electrons. The maximum absolute atomic E-state index is 14.1. The number of hydrogen-bond acceptors (Lipinski definition) is 21. The molecule has 386 valence electrons. The molecule has 24 heteroatoms. The number of rotatable bonds is 19. The highest BCUT2D eigenvalue weighted by Crippen LogP contribution is 2.72. The third-order valence-electron chi connectivity index (χ3n) is 13.7. The smallest absolute Gasteiger partial charge is 0.480 e. The van der Waals surface area contributed by atoms with Gasteiger partial charge in [-0.2, -0.15) is 0 Å². The Bertz CT molecular complexity index is 1960. The fourth-order valence-electron chi connectivity index (χ4n) is 9.24. The number of nitrogens with one attached hydrogen (secondary N) is 2. The van der Waals surface area contributed by atoms with Crippen LogP contribution in [0.4, 0.5) is 4.79 Å². The minimum absolute atomic E-state index is 0.00727.